The average molecular weight is 493 g/mol. The molecule has 0 aromatic heterocycles. The van der Waals surface area contributed by atoms with Crippen molar-refractivity contribution in [3.05, 3.63) is 120 Å². The van der Waals surface area contributed by atoms with E-state index >= 15 is 0 Å². The van der Waals surface area contributed by atoms with Gasteiger partial charge < -0.3 is 9.47 Å². The molecule has 0 saturated carbocycles. The molecule has 4 rings (SSSR count). The third kappa shape index (κ3) is 5.12. The predicted molar refractivity (Wildman–Crippen MR) is 132 cm³/mol. The van der Waals surface area contributed by atoms with Gasteiger partial charge in [-0.2, -0.15) is 0 Å². The van der Waals surface area contributed by atoms with Crippen molar-refractivity contribution in [3.8, 4) is 16.9 Å². The van der Waals surface area contributed by atoms with Crippen LogP contribution < -0.4 is 4.74 Å². The summed E-state index contributed by atoms with van der Waals surface area (Å²) in [5.74, 6) is -2.53. The van der Waals surface area contributed by atoms with Crippen LogP contribution >= 0.6 is 0 Å². The van der Waals surface area contributed by atoms with Gasteiger partial charge in [0.15, 0.2) is 9.84 Å². The van der Waals surface area contributed by atoms with Crippen molar-refractivity contribution in [2.24, 2.45) is 0 Å². The molecule has 5 nitrogen and oxygen atoms in total. The standard InChI is InChI=1S/C28H25FO5S/c1-21-18-19-25(28(32-2,34-29)33-24-16-10-5-11-17-24)27(26(21)23-14-8-4-9-15-23)35(30,31)20-22-12-6-3-7-13-22/h3-19H,20H2,1-2H3. The quantitative estimate of drug-likeness (QED) is 0.254. The smallest absolute Gasteiger partial charge is 0.389 e. The Bertz CT molecular complexity index is 1370. The zero-order valence-corrected chi connectivity index (χ0v) is 20.2. The second kappa shape index (κ2) is 10.4. The molecule has 0 saturated heterocycles. The number of hydrogen-bond acceptors (Lipinski definition) is 5. The van der Waals surface area contributed by atoms with Gasteiger partial charge in [-0.25, -0.2) is 8.42 Å². The van der Waals surface area contributed by atoms with Crippen LogP contribution in [-0.2, 0) is 31.2 Å². The number of ether oxygens (including phenoxy) is 2. The van der Waals surface area contributed by atoms with E-state index in [1.54, 1.807) is 79.7 Å². The van der Waals surface area contributed by atoms with E-state index in [1.165, 1.54) is 13.2 Å². The topological polar surface area (TPSA) is 61.8 Å². The SMILES string of the molecule is COC(OF)(Oc1ccccc1)c1ccc(C)c(-c2ccccc2)c1S(=O)(=O)Cc1ccccc1. The summed E-state index contributed by atoms with van der Waals surface area (Å²) in [7, 11) is -2.85. The fourth-order valence-corrected chi connectivity index (χ4v) is 5.91. The molecule has 0 amide bonds. The van der Waals surface area contributed by atoms with E-state index in [2.05, 4.69) is 4.94 Å². The second-order valence-corrected chi connectivity index (χ2v) is 9.92. The molecule has 35 heavy (non-hydrogen) atoms. The lowest BCUT2D eigenvalue weighted by Crippen LogP contribution is -2.38. The highest BCUT2D eigenvalue weighted by Gasteiger charge is 2.44. The molecule has 1 unspecified atom stereocenters. The Morgan fingerprint density at radius 1 is 0.800 bits per heavy atom. The lowest BCUT2D eigenvalue weighted by atomic mass is 9.97. The second-order valence-electron chi connectivity index (χ2n) is 8.00. The molecule has 7 heteroatoms. The lowest BCUT2D eigenvalue weighted by molar-refractivity contribution is -0.430. The summed E-state index contributed by atoms with van der Waals surface area (Å²) in [6.07, 6.45) is 0. The van der Waals surface area contributed by atoms with Gasteiger partial charge in [-0.15, -0.1) is 4.94 Å². The van der Waals surface area contributed by atoms with Crippen molar-refractivity contribution in [1.29, 1.82) is 0 Å². The minimum absolute atomic E-state index is 0.105. The number of para-hydroxylation sites is 1. The number of hydrogen-bond donors (Lipinski definition) is 0. The summed E-state index contributed by atoms with van der Waals surface area (Å²) in [5.41, 5.74) is 2.25. The summed E-state index contributed by atoms with van der Waals surface area (Å²) in [5, 5.41) is 0. The molecule has 0 aliphatic rings. The van der Waals surface area contributed by atoms with Crippen molar-refractivity contribution in [2.75, 3.05) is 7.11 Å². The maximum atomic E-state index is 14.4. The Morgan fingerprint density at radius 3 is 1.94 bits per heavy atom. The van der Waals surface area contributed by atoms with E-state index in [0.717, 1.165) is 0 Å². The third-order valence-corrected chi connectivity index (χ3v) is 7.39. The van der Waals surface area contributed by atoms with Crippen LogP contribution in [0, 0.1) is 6.92 Å². The van der Waals surface area contributed by atoms with Crippen LogP contribution in [0.3, 0.4) is 0 Å². The first kappa shape index (κ1) is 24.6. The van der Waals surface area contributed by atoms with Gasteiger partial charge in [-0.1, -0.05) is 84.9 Å². The summed E-state index contributed by atoms with van der Waals surface area (Å²) in [4.78, 5) is 4.16. The van der Waals surface area contributed by atoms with Gasteiger partial charge in [0.2, 0.25) is 0 Å². The van der Waals surface area contributed by atoms with Crippen molar-refractivity contribution in [2.45, 2.75) is 23.5 Å². The Balaban J connectivity index is 2.00. The third-order valence-electron chi connectivity index (χ3n) is 5.63. The molecule has 1 atom stereocenters. The van der Waals surface area contributed by atoms with Crippen LogP contribution in [0.1, 0.15) is 16.7 Å². The summed E-state index contributed by atoms with van der Waals surface area (Å²) in [6, 6.07) is 29.4. The van der Waals surface area contributed by atoms with Crippen LogP contribution in [0.5, 0.6) is 5.75 Å². The molecule has 4 aromatic rings. The molecule has 0 N–H and O–H groups in total. The molecule has 0 spiro atoms. The van der Waals surface area contributed by atoms with Crippen LogP contribution in [0.25, 0.3) is 11.1 Å². The zero-order chi connectivity index (χ0) is 24.9. The van der Waals surface area contributed by atoms with Gasteiger partial charge in [0, 0.05) is 12.7 Å². The minimum Gasteiger partial charge on any atom is -0.434 e. The average Bonchev–Trinajstić information content (AvgIpc) is 2.88. The van der Waals surface area contributed by atoms with Crippen molar-refractivity contribution in [3.63, 3.8) is 0 Å². The Hall–Kier alpha value is -3.52. The van der Waals surface area contributed by atoms with E-state index in [0.29, 0.717) is 22.3 Å². The van der Waals surface area contributed by atoms with Crippen LogP contribution in [0.2, 0.25) is 0 Å². The van der Waals surface area contributed by atoms with Gasteiger partial charge >= 0.3 is 5.97 Å². The molecule has 0 aliphatic carbocycles. The number of rotatable bonds is 9. The maximum absolute atomic E-state index is 14.4. The molecule has 0 heterocycles. The molecule has 4 aromatic carbocycles. The van der Waals surface area contributed by atoms with Gasteiger partial charge in [-0.3, -0.25) is 0 Å². The van der Waals surface area contributed by atoms with E-state index in [4.69, 9.17) is 9.47 Å². The first-order valence-corrected chi connectivity index (χ1v) is 12.6. The largest absolute Gasteiger partial charge is 0.434 e. The number of aryl methyl sites for hydroxylation is 1. The number of benzene rings is 4. The predicted octanol–water partition coefficient (Wildman–Crippen LogP) is 6.37. The van der Waals surface area contributed by atoms with Crippen LogP contribution in [0.15, 0.2) is 108 Å². The normalized spacial score (nSPS) is 13.2. The highest BCUT2D eigenvalue weighted by atomic mass is 32.2. The highest BCUT2D eigenvalue weighted by Crippen LogP contribution is 2.42. The Morgan fingerprint density at radius 2 is 1.37 bits per heavy atom. The first-order chi connectivity index (χ1) is 16.9. The number of sulfone groups is 1. The molecular formula is C28H25FO5S. The van der Waals surface area contributed by atoms with Crippen molar-refractivity contribution >= 4 is 9.84 Å². The lowest BCUT2D eigenvalue weighted by Gasteiger charge is -2.31. The molecule has 0 fully saturated rings. The molecule has 180 valence electrons. The Labute approximate surface area is 204 Å². The maximum Gasteiger partial charge on any atom is 0.389 e. The molecule has 0 aliphatic heterocycles. The Kier molecular flexibility index (Phi) is 7.31. The van der Waals surface area contributed by atoms with E-state index in [1.807, 2.05) is 24.3 Å². The fraction of sp³-hybridized carbons (Fsp3) is 0.143. The van der Waals surface area contributed by atoms with Crippen molar-refractivity contribution in [1.82, 2.24) is 0 Å². The van der Waals surface area contributed by atoms with Gasteiger partial charge in [0.25, 0.3) is 0 Å². The minimum atomic E-state index is -4.05. The highest BCUT2D eigenvalue weighted by molar-refractivity contribution is 7.90. The van der Waals surface area contributed by atoms with Gasteiger partial charge in [0.05, 0.1) is 16.2 Å². The van der Waals surface area contributed by atoms with Crippen molar-refractivity contribution < 1.29 is 27.4 Å². The number of methoxy groups -OCH3 is 1. The first-order valence-electron chi connectivity index (χ1n) is 11.0. The van der Waals surface area contributed by atoms with E-state index < -0.39 is 15.8 Å². The van der Waals surface area contributed by atoms with Gasteiger partial charge in [-0.05, 0) is 46.3 Å². The molecule has 0 radical (unpaired) electrons. The molecule has 0 bridgehead atoms. The van der Waals surface area contributed by atoms with Gasteiger partial charge in [0.1, 0.15) is 5.75 Å². The van der Waals surface area contributed by atoms with Crippen LogP contribution in [0.4, 0.5) is 4.53 Å². The number of halogens is 1. The zero-order valence-electron chi connectivity index (χ0n) is 19.3. The van der Waals surface area contributed by atoms with E-state index in [-0.39, 0.29) is 22.0 Å². The molecular weight excluding hydrogens is 467 g/mol. The van der Waals surface area contributed by atoms with E-state index in [9.17, 15) is 12.9 Å². The fourth-order valence-electron chi connectivity index (χ4n) is 4.01. The summed E-state index contributed by atoms with van der Waals surface area (Å²) in [6.45, 7) is 1.80. The monoisotopic (exact) mass is 492 g/mol. The summed E-state index contributed by atoms with van der Waals surface area (Å²) < 4.78 is 53.6. The van der Waals surface area contributed by atoms with Crippen LogP contribution in [-0.4, -0.2) is 15.5 Å². The summed E-state index contributed by atoms with van der Waals surface area (Å²) >= 11 is 0.